The average Bonchev–Trinajstić information content (AvgIpc) is 3.76. The highest BCUT2D eigenvalue weighted by molar-refractivity contribution is 6.21. The summed E-state index contributed by atoms with van der Waals surface area (Å²) >= 11 is 0. The lowest BCUT2D eigenvalue weighted by Gasteiger charge is -2.15. The van der Waals surface area contributed by atoms with Gasteiger partial charge in [-0.25, -0.2) is 15.0 Å². The first-order valence-corrected chi connectivity index (χ1v) is 18.2. The van der Waals surface area contributed by atoms with Crippen molar-refractivity contribution in [2.45, 2.75) is 0 Å². The van der Waals surface area contributed by atoms with E-state index in [1.807, 2.05) is 36.4 Å². The molecular formula is C49H31N5. The van der Waals surface area contributed by atoms with Gasteiger partial charge < -0.3 is 9.13 Å². The van der Waals surface area contributed by atoms with Crippen LogP contribution in [0, 0.1) is 0 Å². The minimum atomic E-state index is 0.632. The standard InChI is InChI=1S/C49H31N5/c1-4-16-32(17-5-1)47-50-48(33-18-6-2-7-19-33)52-49(51-47)45-37-23-11-10-20-34(37)30-41-39-25-13-15-27-43(39)54(46(41)45)36-28-29-40-38-24-12-14-26-42(38)53(44(40)31-36)35-21-8-3-9-22-35/h1-31H. The molecule has 5 nitrogen and oxygen atoms in total. The van der Waals surface area contributed by atoms with Crippen LogP contribution in [-0.4, -0.2) is 24.1 Å². The molecule has 54 heavy (non-hydrogen) atoms. The van der Waals surface area contributed by atoms with Gasteiger partial charge in [0.15, 0.2) is 17.5 Å². The van der Waals surface area contributed by atoms with Gasteiger partial charge >= 0.3 is 0 Å². The van der Waals surface area contributed by atoms with Crippen molar-refractivity contribution in [1.82, 2.24) is 24.1 Å². The van der Waals surface area contributed by atoms with E-state index in [9.17, 15) is 0 Å². The number of benzene rings is 8. The molecule has 0 aliphatic carbocycles. The summed E-state index contributed by atoms with van der Waals surface area (Å²) in [6, 6.07) is 66.2. The zero-order chi connectivity index (χ0) is 35.6. The van der Waals surface area contributed by atoms with Crippen LogP contribution in [0.1, 0.15) is 0 Å². The van der Waals surface area contributed by atoms with Crippen LogP contribution in [0.2, 0.25) is 0 Å². The molecule has 0 aliphatic rings. The zero-order valence-corrected chi connectivity index (χ0v) is 29.1. The van der Waals surface area contributed by atoms with Gasteiger partial charge in [-0.1, -0.05) is 146 Å². The third-order valence-corrected chi connectivity index (χ3v) is 10.5. The van der Waals surface area contributed by atoms with Crippen molar-refractivity contribution in [3.8, 4) is 45.5 Å². The van der Waals surface area contributed by atoms with E-state index in [-0.39, 0.29) is 0 Å². The molecule has 252 valence electrons. The molecule has 0 unspecified atom stereocenters. The first kappa shape index (κ1) is 30.3. The first-order valence-electron chi connectivity index (χ1n) is 18.2. The number of aromatic nitrogens is 5. The van der Waals surface area contributed by atoms with Gasteiger partial charge in [0.25, 0.3) is 0 Å². The molecule has 0 radical (unpaired) electrons. The molecule has 11 rings (SSSR count). The Bertz CT molecular complexity index is 3140. The third-order valence-electron chi connectivity index (χ3n) is 10.5. The van der Waals surface area contributed by atoms with Crippen LogP contribution >= 0.6 is 0 Å². The van der Waals surface area contributed by atoms with Gasteiger partial charge in [0.05, 0.1) is 27.6 Å². The Morgan fingerprint density at radius 3 is 1.48 bits per heavy atom. The lowest BCUT2D eigenvalue weighted by atomic mass is 9.99. The maximum absolute atomic E-state index is 5.30. The summed E-state index contributed by atoms with van der Waals surface area (Å²) in [5.74, 6) is 1.90. The SMILES string of the molecule is c1ccc(-c2nc(-c3ccccc3)nc(-c3c4ccccc4cc4c5ccccc5n(-c5ccc6c7ccccc7n(-c7ccccc7)c6c5)c34)n2)cc1. The molecule has 0 aliphatic heterocycles. The van der Waals surface area contributed by atoms with Crippen LogP contribution in [0.15, 0.2) is 188 Å². The molecule has 0 N–H and O–H groups in total. The van der Waals surface area contributed by atoms with E-state index in [1.54, 1.807) is 0 Å². The quantitative estimate of drug-likeness (QED) is 0.181. The van der Waals surface area contributed by atoms with Gasteiger partial charge in [-0.2, -0.15) is 0 Å². The average molecular weight is 690 g/mol. The Morgan fingerprint density at radius 1 is 0.315 bits per heavy atom. The van der Waals surface area contributed by atoms with Crippen molar-refractivity contribution in [2.24, 2.45) is 0 Å². The van der Waals surface area contributed by atoms with Crippen LogP contribution in [-0.2, 0) is 0 Å². The molecule has 3 aromatic heterocycles. The van der Waals surface area contributed by atoms with Crippen LogP contribution in [0.4, 0.5) is 0 Å². The fraction of sp³-hybridized carbons (Fsp3) is 0. The van der Waals surface area contributed by atoms with Crippen molar-refractivity contribution in [3.63, 3.8) is 0 Å². The Morgan fingerprint density at radius 2 is 0.815 bits per heavy atom. The number of para-hydroxylation sites is 3. The van der Waals surface area contributed by atoms with Crippen molar-refractivity contribution >= 4 is 54.4 Å². The largest absolute Gasteiger partial charge is 0.309 e. The summed E-state index contributed by atoms with van der Waals surface area (Å²) in [5, 5.41) is 6.96. The van der Waals surface area contributed by atoms with E-state index in [2.05, 4.69) is 161 Å². The van der Waals surface area contributed by atoms with Crippen molar-refractivity contribution < 1.29 is 0 Å². The fourth-order valence-corrected chi connectivity index (χ4v) is 8.16. The second-order valence-corrected chi connectivity index (χ2v) is 13.6. The minimum absolute atomic E-state index is 0.632. The summed E-state index contributed by atoms with van der Waals surface area (Å²) in [5.41, 5.74) is 9.53. The van der Waals surface area contributed by atoms with Crippen molar-refractivity contribution in [2.75, 3.05) is 0 Å². The van der Waals surface area contributed by atoms with Gasteiger partial charge in [-0.15, -0.1) is 0 Å². The minimum Gasteiger partial charge on any atom is -0.309 e. The van der Waals surface area contributed by atoms with E-state index in [1.165, 1.54) is 21.7 Å². The highest BCUT2D eigenvalue weighted by Gasteiger charge is 2.23. The van der Waals surface area contributed by atoms with Gasteiger partial charge in [-0.05, 0) is 53.2 Å². The Labute approximate surface area is 311 Å². The predicted octanol–water partition coefficient (Wildman–Crippen LogP) is 12.2. The van der Waals surface area contributed by atoms with Crippen LogP contribution in [0.3, 0.4) is 0 Å². The van der Waals surface area contributed by atoms with Crippen molar-refractivity contribution in [3.05, 3.63) is 188 Å². The maximum atomic E-state index is 5.30. The van der Waals surface area contributed by atoms with Gasteiger partial charge in [0.1, 0.15) is 0 Å². The van der Waals surface area contributed by atoms with E-state index in [0.717, 1.165) is 60.8 Å². The van der Waals surface area contributed by atoms with Crippen LogP contribution < -0.4 is 0 Å². The predicted molar refractivity (Wildman–Crippen MR) is 222 cm³/mol. The molecular weight excluding hydrogens is 659 g/mol. The molecule has 0 fully saturated rings. The third kappa shape index (κ3) is 4.69. The fourth-order valence-electron chi connectivity index (χ4n) is 8.16. The number of hydrogen-bond donors (Lipinski definition) is 0. The monoisotopic (exact) mass is 689 g/mol. The van der Waals surface area contributed by atoms with Gasteiger partial charge in [0.2, 0.25) is 0 Å². The van der Waals surface area contributed by atoms with Crippen molar-refractivity contribution in [1.29, 1.82) is 0 Å². The Hall–Kier alpha value is -7.37. The lowest BCUT2D eigenvalue weighted by molar-refractivity contribution is 1.07. The maximum Gasteiger partial charge on any atom is 0.166 e. The van der Waals surface area contributed by atoms with Gasteiger partial charge in [-0.3, -0.25) is 0 Å². The second kappa shape index (κ2) is 12.1. The van der Waals surface area contributed by atoms with E-state index in [0.29, 0.717) is 17.5 Å². The Balaban J connectivity index is 1.28. The molecule has 0 atom stereocenters. The molecule has 0 saturated carbocycles. The number of rotatable bonds is 5. The number of nitrogens with zero attached hydrogens (tertiary/aromatic N) is 5. The molecule has 5 heteroatoms. The van der Waals surface area contributed by atoms with Gasteiger partial charge in [0, 0.05) is 44.0 Å². The summed E-state index contributed by atoms with van der Waals surface area (Å²) in [4.78, 5) is 15.6. The smallest absolute Gasteiger partial charge is 0.166 e. The highest BCUT2D eigenvalue weighted by Crippen LogP contribution is 2.43. The summed E-state index contributed by atoms with van der Waals surface area (Å²) in [7, 11) is 0. The molecule has 3 heterocycles. The number of fused-ring (bicyclic) bond motifs is 7. The molecule has 0 spiro atoms. The lowest BCUT2D eigenvalue weighted by Crippen LogP contribution is -2.03. The van der Waals surface area contributed by atoms with Crippen LogP contribution in [0.25, 0.3) is 99.9 Å². The summed E-state index contributed by atoms with van der Waals surface area (Å²) in [6.07, 6.45) is 0. The summed E-state index contributed by atoms with van der Waals surface area (Å²) < 4.78 is 4.79. The van der Waals surface area contributed by atoms with E-state index >= 15 is 0 Å². The first-order chi connectivity index (χ1) is 26.8. The molecule has 0 amide bonds. The second-order valence-electron chi connectivity index (χ2n) is 13.6. The Kier molecular flexibility index (Phi) is 6.79. The van der Waals surface area contributed by atoms with E-state index in [4.69, 9.17) is 15.0 Å². The number of hydrogen-bond acceptors (Lipinski definition) is 3. The van der Waals surface area contributed by atoms with Crippen LogP contribution in [0.5, 0.6) is 0 Å². The molecule has 8 aromatic carbocycles. The molecule has 0 bridgehead atoms. The summed E-state index contributed by atoms with van der Waals surface area (Å²) in [6.45, 7) is 0. The molecule has 11 aromatic rings. The topological polar surface area (TPSA) is 48.5 Å². The zero-order valence-electron chi connectivity index (χ0n) is 29.1. The molecule has 0 saturated heterocycles. The normalized spacial score (nSPS) is 11.7. The van der Waals surface area contributed by atoms with E-state index < -0.39 is 0 Å². The highest BCUT2D eigenvalue weighted by atomic mass is 15.1.